The fourth-order valence-electron chi connectivity index (χ4n) is 4.49. The quantitative estimate of drug-likeness (QED) is 0.435. The summed E-state index contributed by atoms with van der Waals surface area (Å²) in [7, 11) is 1.50. The Hall–Kier alpha value is -2.84. The van der Waals surface area contributed by atoms with Crippen molar-refractivity contribution in [1.82, 2.24) is 9.80 Å². The molecule has 8 heteroatoms. The van der Waals surface area contributed by atoms with E-state index in [4.69, 9.17) is 4.74 Å². The highest BCUT2D eigenvalue weighted by Crippen LogP contribution is 2.35. The second-order valence-electron chi connectivity index (χ2n) is 8.57. The highest BCUT2D eigenvalue weighted by Gasteiger charge is 2.36. The number of hydrogen-bond donors (Lipinski definition) is 0. The molecule has 0 aliphatic carbocycles. The standard InChI is InChI=1S/C24H30FN3O4/c1-17(2)27(24(29)16-32-3)14-20-13-26(12-19-6-4-5-7-23(19)28(30)31)15-22(20)18-8-10-21(25)11-9-18/h4-11,17,20,22H,12-16H2,1-3H3. The fraction of sp³-hybridized carbons (Fsp3) is 0.458. The highest BCUT2D eigenvalue weighted by atomic mass is 19.1. The summed E-state index contributed by atoms with van der Waals surface area (Å²) in [5.74, 6) is -0.182. The number of nitrogens with zero attached hydrogens (tertiary/aromatic N) is 3. The van der Waals surface area contributed by atoms with Crippen LogP contribution < -0.4 is 0 Å². The van der Waals surface area contributed by atoms with Gasteiger partial charge in [-0.1, -0.05) is 30.3 Å². The van der Waals surface area contributed by atoms with Crippen LogP contribution in [0.5, 0.6) is 0 Å². The predicted molar refractivity (Wildman–Crippen MR) is 120 cm³/mol. The number of benzene rings is 2. The molecule has 1 heterocycles. The molecule has 2 atom stereocenters. The molecule has 3 rings (SSSR count). The van der Waals surface area contributed by atoms with Gasteiger partial charge in [-0.15, -0.1) is 0 Å². The molecule has 1 saturated heterocycles. The van der Waals surface area contributed by atoms with Gasteiger partial charge in [0, 0.05) is 56.9 Å². The number of amides is 1. The van der Waals surface area contributed by atoms with Crippen molar-refractivity contribution in [3.05, 3.63) is 75.6 Å². The number of ether oxygens (including phenoxy) is 1. The monoisotopic (exact) mass is 443 g/mol. The summed E-state index contributed by atoms with van der Waals surface area (Å²) in [5.41, 5.74) is 1.77. The first-order valence-corrected chi connectivity index (χ1v) is 10.8. The van der Waals surface area contributed by atoms with Crippen molar-refractivity contribution in [2.24, 2.45) is 5.92 Å². The van der Waals surface area contributed by atoms with E-state index in [9.17, 15) is 19.3 Å². The van der Waals surface area contributed by atoms with Crippen LogP contribution >= 0.6 is 0 Å². The summed E-state index contributed by atoms with van der Waals surface area (Å²) in [6.45, 7) is 6.30. The van der Waals surface area contributed by atoms with E-state index >= 15 is 0 Å². The molecule has 0 spiro atoms. The first-order chi connectivity index (χ1) is 15.3. The first kappa shape index (κ1) is 23.8. The van der Waals surface area contributed by atoms with Crippen molar-refractivity contribution in [2.45, 2.75) is 32.4 Å². The van der Waals surface area contributed by atoms with Gasteiger partial charge in [0.25, 0.3) is 5.69 Å². The number of methoxy groups -OCH3 is 1. The molecule has 0 saturated carbocycles. The largest absolute Gasteiger partial charge is 0.375 e. The maximum atomic E-state index is 13.5. The minimum Gasteiger partial charge on any atom is -0.375 e. The lowest BCUT2D eigenvalue weighted by Gasteiger charge is -2.31. The van der Waals surface area contributed by atoms with Gasteiger partial charge in [0.1, 0.15) is 12.4 Å². The number of carbonyl (C=O) groups is 1. The molecule has 0 radical (unpaired) electrons. The van der Waals surface area contributed by atoms with Crippen molar-refractivity contribution in [2.75, 3.05) is 33.4 Å². The number of carbonyl (C=O) groups excluding carboxylic acids is 1. The Morgan fingerprint density at radius 2 is 1.91 bits per heavy atom. The number of nitro groups is 1. The van der Waals surface area contributed by atoms with Gasteiger partial charge in [-0.2, -0.15) is 0 Å². The minimum atomic E-state index is -0.357. The number of nitro benzene ring substituents is 1. The summed E-state index contributed by atoms with van der Waals surface area (Å²) >= 11 is 0. The van der Waals surface area contributed by atoms with Gasteiger partial charge in [-0.3, -0.25) is 19.8 Å². The van der Waals surface area contributed by atoms with Gasteiger partial charge < -0.3 is 9.64 Å². The molecule has 0 aromatic heterocycles. The van der Waals surface area contributed by atoms with Gasteiger partial charge >= 0.3 is 0 Å². The molecule has 2 unspecified atom stereocenters. The second kappa shape index (κ2) is 10.7. The van der Waals surface area contributed by atoms with Crippen molar-refractivity contribution in [1.29, 1.82) is 0 Å². The van der Waals surface area contributed by atoms with Crippen LogP contribution in [0.4, 0.5) is 10.1 Å². The normalized spacial score (nSPS) is 18.8. The lowest BCUT2D eigenvalue weighted by atomic mass is 9.88. The lowest BCUT2D eigenvalue weighted by molar-refractivity contribution is -0.385. The zero-order valence-corrected chi connectivity index (χ0v) is 18.7. The van der Waals surface area contributed by atoms with Gasteiger partial charge in [-0.05, 0) is 37.5 Å². The van der Waals surface area contributed by atoms with Crippen LogP contribution in [0.3, 0.4) is 0 Å². The molecule has 1 aliphatic heterocycles. The molecule has 1 amide bonds. The van der Waals surface area contributed by atoms with Gasteiger partial charge in [0.2, 0.25) is 5.91 Å². The van der Waals surface area contributed by atoms with Gasteiger partial charge in [-0.25, -0.2) is 4.39 Å². The van der Waals surface area contributed by atoms with E-state index in [0.717, 1.165) is 5.56 Å². The Morgan fingerprint density at radius 3 is 2.53 bits per heavy atom. The molecule has 0 N–H and O–H groups in total. The van der Waals surface area contributed by atoms with E-state index in [1.807, 2.05) is 18.7 Å². The molecule has 1 fully saturated rings. The summed E-state index contributed by atoms with van der Waals surface area (Å²) in [5, 5.41) is 11.4. The number of rotatable bonds is 9. The van der Waals surface area contributed by atoms with Crippen molar-refractivity contribution in [3.63, 3.8) is 0 Å². The molecule has 172 valence electrons. The van der Waals surface area contributed by atoms with Crippen LogP contribution in [-0.4, -0.2) is 60.0 Å². The minimum absolute atomic E-state index is 0.00998. The Bertz CT molecular complexity index is 935. The average molecular weight is 444 g/mol. The van der Waals surface area contributed by atoms with Crippen LogP contribution in [-0.2, 0) is 16.1 Å². The predicted octanol–water partition coefficient (Wildman–Crippen LogP) is 3.83. The number of para-hydroxylation sites is 1. The van der Waals surface area contributed by atoms with E-state index < -0.39 is 0 Å². The summed E-state index contributed by atoms with van der Waals surface area (Å²) < 4.78 is 18.6. The smallest absolute Gasteiger partial charge is 0.273 e. The molecule has 32 heavy (non-hydrogen) atoms. The van der Waals surface area contributed by atoms with Crippen LogP contribution in [0, 0.1) is 21.8 Å². The van der Waals surface area contributed by atoms with E-state index in [-0.39, 0.29) is 46.8 Å². The van der Waals surface area contributed by atoms with E-state index in [0.29, 0.717) is 31.7 Å². The first-order valence-electron chi connectivity index (χ1n) is 10.8. The zero-order chi connectivity index (χ0) is 23.3. The van der Waals surface area contributed by atoms with E-state index in [1.54, 1.807) is 30.3 Å². The summed E-state index contributed by atoms with van der Waals surface area (Å²) in [6.07, 6.45) is 0. The van der Waals surface area contributed by atoms with Crippen LogP contribution in [0.15, 0.2) is 48.5 Å². The van der Waals surface area contributed by atoms with Crippen molar-refractivity contribution >= 4 is 11.6 Å². The zero-order valence-electron chi connectivity index (χ0n) is 18.7. The topological polar surface area (TPSA) is 75.9 Å². The Balaban J connectivity index is 1.85. The van der Waals surface area contributed by atoms with E-state index in [1.165, 1.54) is 25.3 Å². The van der Waals surface area contributed by atoms with Crippen LogP contribution in [0.2, 0.25) is 0 Å². The number of likely N-dealkylation sites (tertiary alicyclic amines) is 1. The molecular weight excluding hydrogens is 413 g/mol. The van der Waals surface area contributed by atoms with Gasteiger partial charge in [0.15, 0.2) is 0 Å². The third-order valence-corrected chi connectivity index (χ3v) is 6.04. The number of halogens is 1. The Morgan fingerprint density at radius 1 is 1.22 bits per heavy atom. The molecule has 2 aromatic rings. The molecular formula is C24H30FN3O4. The maximum absolute atomic E-state index is 13.5. The molecule has 1 aliphatic rings. The summed E-state index contributed by atoms with van der Waals surface area (Å²) in [6, 6.07) is 13.3. The molecule has 7 nitrogen and oxygen atoms in total. The highest BCUT2D eigenvalue weighted by molar-refractivity contribution is 5.77. The third-order valence-electron chi connectivity index (χ3n) is 6.04. The Kier molecular flexibility index (Phi) is 7.93. The average Bonchev–Trinajstić information content (AvgIpc) is 3.15. The maximum Gasteiger partial charge on any atom is 0.273 e. The third kappa shape index (κ3) is 5.69. The van der Waals surface area contributed by atoms with Crippen molar-refractivity contribution < 1.29 is 18.8 Å². The Labute approximate surface area is 187 Å². The van der Waals surface area contributed by atoms with Gasteiger partial charge in [0.05, 0.1) is 4.92 Å². The SMILES string of the molecule is COCC(=O)N(CC1CN(Cc2ccccc2[N+](=O)[O-])CC1c1ccc(F)cc1)C(C)C. The van der Waals surface area contributed by atoms with Crippen LogP contribution in [0.25, 0.3) is 0 Å². The van der Waals surface area contributed by atoms with E-state index in [2.05, 4.69) is 4.90 Å². The van der Waals surface area contributed by atoms with Crippen LogP contribution in [0.1, 0.15) is 30.9 Å². The van der Waals surface area contributed by atoms with Crippen molar-refractivity contribution in [3.8, 4) is 0 Å². The fourth-order valence-corrected chi connectivity index (χ4v) is 4.49. The summed E-state index contributed by atoms with van der Waals surface area (Å²) in [4.78, 5) is 27.7. The molecule has 2 aromatic carbocycles. The second-order valence-corrected chi connectivity index (χ2v) is 8.57. The molecule has 0 bridgehead atoms. The lowest BCUT2D eigenvalue weighted by Crippen LogP contribution is -2.43. The number of hydrogen-bond acceptors (Lipinski definition) is 5.